The lowest BCUT2D eigenvalue weighted by atomic mass is 10.2. The summed E-state index contributed by atoms with van der Waals surface area (Å²) < 4.78 is 32.4. The summed E-state index contributed by atoms with van der Waals surface area (Å²) in [6, 6.07) is 10.7. The van der Waals surface area contributed by atoms with Gasteiger partial charge in [-0.1, -0.05) is 29.8 Å². The number of methoxy groups -OCH3 is 1. The van der Waals surface area contributed by atoms with E-state index in [0.717, 1.165) is 5.56 Å². The first kappa shape index (κ1) is 20.2. The molecule has 0 radical (unpaired) electrons. The van der Waals surface area contributed by atoms with E-state index in [1.165, 1.54) is 26.2 Å². The Balaban J connectivity index is 2.03. The summed E-state index contributed by atoms with van der Waals surface area (Å²) in [5, 5.41) is 3.21. The summed E-state index contributed by atoms with van der Waals surface area (Å²) in [4.78, 5) is 12.3. The van der Waals surface area contributed by atoms with Gasteiger partial charge in [0, 0.05) is 11.6 Å². The van der Waals surface area contributed by atoms with Crippen LogP contribution in [0.3, 0.4) is 0 Å². The van der Waals surface area contributed by atoms with E-state index in [-0.39, 0.29) is 11.4 Å². The maximum Gasteiger partial charge on any atom is 0.241 e. The molecule has 0 spiro atoms. The van der Waals surface area contributed by atoms with Gasteiger partial charge in [-0.15, -0.1) is 0 Å². The van der Waals surface area contributed by atoms with Crippen molar-refractivity contribution in [2.24, 2.45) is 0 Å². The van der Waals surface area contributed by atoms with Crippen LogP contribution >= 0.6 is 11.6 Å². The van der Waals surface area contributed by atoms with Crippen LogP contribution in [0.15, 0.2) is 47.4 Å². The first-order valence-corrected chi connectivity index (χ1v) is 9.79. The van der Waals surface area contributed by atoms with Gasteiger partial charge in [-0.05, 0) is 49.2 Å². The van der Waals surface area contributed by atoms with Gasteiger partial charge in [0.05, 0.1) is 18.0 Å². The molecule has 2 aromatic rings. The smallest absolute Gasteiger partial charge is 0.241 e. The molecule has 0 aromatic heterocycles. The third-order valence-corrected chi connectivity index (χ3v) is 5.72. The fourth-order valence-electron chi connectivity index (χ4n) is 2.35. The Morgan fingerprint density at radius 2 is 1.92 bits per heavy atom. The lowest BCUT2D eigenvalue weighted by Crippen LogP contribution is -2.44. The molecular formula is C18H21ClN2O4S. The molecule has 0 fully saturated rings. The molecule has 1 amide bonds. The van der Waals surface area contributed by atoms with Crippen molar-refractivity contribution in [1.82, 2.24) is 10.0 Å². The first-order valence-electron chi connectivity index (χ1n) is 7.92. The van der Waals surface area contributed by atoms with Gasteiger partial charge in [0.1, 0.15) is 5.75 Å². The molecular weight excluding hydrogens is 376 g/mol. The van der Waals surface area contributed by atoms with E-state index in [4.69, 9.17) is 16.3 Å². The van der Waals surface area contributed by atoms with Gasteiger partial charge >= 0.3 is 0 Å². The van der Waals surface area contributed by atoms with E-state index in [0.29, 0.717) is 16.3 Å². The van der Waals surface area contributed by atoms with Gasteiger partial charge in [-0.25, -0.2) is 8.42 Å². The third-order valence-electron chi connectivity index (χ3n) is 3.81. The molecule has 0 bridgehead atoms. The van der Waals surface area contributed by atoms with E-state index in [1.807, 2.05) is 6.07 Å². The number of halogens is 1. The Hall–Kier alpha value is -2.09. The maximum atomic E-state index is 12.5. The molecule has 0 aliphatic carbocycles. The number of amides is 1. The molecule has 1 atom stereocenters. The Kier molecular flexibility index (Phi) is 6.63. The summed E-state index contributed by atoms with van der Waals surface area (Å²) in [5.41, 5.74) is 1.44. The number of sulfonamides is 1. The Morgan fingerprint density at radius 1 is 1.23 bits per heavy atom. The van der Waals surface area contributed by atoms with Gasteiger partial charge in [0.15, 0.2) is 0 Å². The van der Waals surface area contributed by atoms with Crippen LogP contribution in [0.1, 0.15) is 18.1 Å². The van der Waals surface area contributed by atoms with Gasteiger partial charge in [-0.2, -0.15) is 4.72 Å². The number of benzene rings is 2. The van der Waals surface area contributed by atoms with E-state index < -0.39 is 22.0 Å². The fraction of sp³-hybridized carbons (Fsp3) is 0.278. The van der Waals surface area contributed by atoms with Crippen molar-refractivity contribution >= 4 is 27.5 Å². The van der Waals surface area contributed by atoms with Crippen LogP contribution in [0.2, 0.25) is 5.02 Å². The third kappa shape index (κ3) is 4.97. The topological polar surface area (TPSA) is 84.5 Å². The van der Waals surface area contributed by atoms with Crippen molar-refractivity contribution in [2.75, 3.05) is 7.11 Å². The van der Waals surface area contributed by atoms with Crippen LogP contribution in [0.25, 0.3) is 0 Å². The highest BCUT2D eigenvalue weighted by Crippen LogP contribution is 2.21. The predicted octanol–water partition coefficient (Wildman–Crippen LogP) is 2.64. The van der Waals surface area contributed by atoms with Crippen LogP contribution in [-0.2, 0) is 21.4 Å². The van der Waals surface area contributed by atoms with Gasteiger partial charge in [0.2, 0.25) is 15.9 Å². The molecule has 0 saturated heterocycles. The van der Waals surface area contributed by atoms with Gasteiger partial charge in [-0.3, -0.25) is 4.79 Å². The number of nitrogens with one attached hydrogen (secondary N) is 2. The van der Waals surface area contributed by atoms with E-state index >= 15 is 0 Å². The normalized spacial score (nSPS) is 12.5. The number of hydrogen-bond donors (Lipinski definition) is 2. The number of carbonyl (C=O) groups is 1. The minimum atomic E-state index is -3.84. The highest BCUT2D eigenvalue weighted by molar-refractivity contribution is 7.89. The van der Waals surface area contributed by atoms with E-state index in [9.17, 15) is 13.2 Å². The average Bonchev–Trinajstić information content (AvgIpc) is 2.60. The SMILES string of the molecule is COc1ccc(S(=O)(=O)NC(C)C(=O)NCc2ccccc2Cl)cc1C. The molecule has 140 valence electrons. The molecule has 0 heterocycles. The molecule has 0 saturated carbocycles. The minimum Gasteiger partial charge on any atom is -0.496 e. The van der Waals surface area contributed by atoms with Crippen LogP contribution in [-0.4, -0.2) is 27.5 Å². The number of rotatable bonds is 7. The Labute approximate surface area is 158 Å². The Morgan fingerprint density at radius 3 is 2.54 bits per heavy atom. The summed E-state index contributed by atoms with van der Waals surface area (Å²) in [5.74, 6) is 0.146. The van der Waals surface area contributed by atoms with Gasteiger partial charge < -0.3 is 10.1 Å². The summed E-state index contributed by atoms with van der Waals surface area (Å²) >= 11 is 6.04. The standard InChI is InChI=1S/C18H21ClN2O4S/c1-12-10-15(8-9-17(12)25-3)26(23,24)21-13(2)18(22)20-11-14-6-4-5-7-16(14)19/h4-10,13,21H,11H2,1-3H3,(H,20,22). The number of hydrogen-bond acceptors (Lipinski definition) is 4. The van der Waals surface area contributed by atoms with Crippen molar-refractivity contribution < 1.29 is 17.9 Å². The van der Waals surface area contributed by atoms with E-state index in [1.54, 1.807) is 31.2 Å². The lowest BCUT2D eigenvalue weighted by Gasteiger charge is -2.15. The molecule has 2 N–H and O–H groups in total. The second-order valence-corrected chi connectivity index (χ2v) is 7.90. The largest absolute Gasteiger partial charge is 0.496 e. The highest BCUT2D eigenvalue weighted by atomic mass is 35.5. The minimum absolute atomic E-state index is 0.0709. The summed E-state index contributed by atoms with van der Waals surface area (Å²) in [6.07, 6.45) is 0. The van der Waals surface area contributed by atoms with Crippen LogP contribution in [0.5, 0.6) is 5.75 Å². The van der Waals surface area contributed by atoms with Crippen molar-refractivity contribution in [3.63, 3.8) is 0 Å². The molecule has 1 unspecified atom stereocenters. The fourth-order valence-corrected chi connectivity index (χ4v) is 3.84. The van der Waals surface area contributed by atoms with Crippen molar-refractivity contribution in [3.8, 4) is 5.75 Å². The summed E-state index contributed by atoms with van der Waals surface area (Å²) in [6.45, 7) is 3.44. The molecule has 0 aliphatic heterocycles. The molecule has 6 nitrogen and oxygen atoms in total. The molecule has 8 heteroatoms. The highest BCUT2D eigenvalue weighted by Gasteiger charge is 2.22. The maximum absolute atomic E-state index is 12.5. The van der Waals surface area contributed by atoms with Crippen molar-refractivity contribution in [3.05, 3.63) is 58.6 Å². The van der Waals surface area contributed by atoms with E-state index in [2.05, 4.69) is 10.0 Å². The van der Waals surface area contributed by atoms with Gasteiger partial charge in [0.25, 0.3) is 0 Å². The van der Waals surface area contributed by atoms with Crippen molar-refractivity contribution in [1.29, 1.82) is 0 Å². The Bertz CT molecular complexity index is 900. The quantitative estimate of drug-likeness (QED) is 0.753. The van der Waals surface area contributed by atoms with Crippen LogP contribution in [0, 0.1) is 6.92 Å². The number of ether oxygens (including phenoxy) is 1. The predicted molar refractivity (Wildman–Crippen MR) is 101 cm³/mol. The average molecular weight is 397 g/mol. The summed E-state index contributed by atoms with van der Waals surface area (Å²) in [7, 11) is -2.32. The molecule has 26 heavy (non-hydrogen) atoms. The molecule has 0 aliphatic rings. The van der Waals surface area contributed by atoms with Crippen LogP contribution in [0.4, 0.5) is 0 Å². The zero-order valence-corrected chi connectivity index (χ0v) is 16.3. The number of aryl methyl sites for hydroxylation is 1. The molecule has 2 aromatic carbocycles. The second kappa shape index (κ2) is 8.53. The molecule has 2 rings (SSSR count). The first-order chi connectivity index (χ1) is 12.2. The zero-order chi connectivity index (χ0) is 19.3. The lowest BCUT2D eigenvalue weighted by molar-refractivity contribution is -0.122. The van der Waals surface area contributed by atoms with Crippen LogP contribution < -0.4 is 14.8 Å². The monoisotopic (exact) mass is 396 g/mol. The number of carbonyl (C=O) groups excluding carboxylic acids is 1. The second-order valence-electron chi connectivity index (χ2n) is 5.78. The van der Waals surface area contributed by atoms with Crippen molar-refractivity contribution in [2.45, 2.75) is 31.3 Å². The zero-order valence-electron chi connectivity index (χ0n) is 14.7.